The van der Waals surface area contributed by atoms with Crippen LogP contribution in [0.25, 0.3) is 27.5 Å². The SMILES string of the molecule is CC(C)(C)c1ccc(-c2cc3ccccc3c3cnnn23)cc1. The standard InChI is InChI=1S/C20H19N3/c1-20(2,3)16-10-8-14(9-11-16)18-12-15-6-4-5-7-17(15)19-13-21-22-23(18)19/h4-13H,1-3H3. The van der Waals surface area contributed by atoms with Gasteiger partial charge in [-0.2, -0.15) is 0 Å². The van der Waals surface area contributed by atoms with Crippen LogP contribution in [-0.2, 0) is 5.41 Å². The van der Waals surface area contributed by atoms with E-state index in [2.05, 4.69) is 79.6 Å². The average Bonchev–Trinajstić information content (AvgIpc) is 3.03. The fourth-order valence-corrected chi connectivity index (χ4v) is 3.01. The van der Waals surface area contributed by atoms with E-state index in [0.29, 0.717) is 0 Å². The predicted octanol–water partition coefficient (Wildman–Crippen LogP) is 4.85. The second-order valence-electron chi connectivity index (χ2n) is 6.98. The number of hydrogen-bond donors (Lipinski definition) is 0. The minimum absolute atomic E-state index is 0.157. The van der Waals surface area contributed by atoms with Gasteiger partial charge < -0.3 is 0 Å². The normalized spacial score (nSPS) is 12.1. The van der Waals surface area contributed by atoms with E-state index in [4.69, 9.17) is 0 Å². The van der Waals surface area contributed by atoms with Crippen molar-refractivity contribution in [3.8, 4) is 11.3 Å². The summed E-state index contributed by atoms with van der Waals surface area (Å²) in [7, 11) is 0. The zero-order chi connectivity index (χ0) is 16.0. The van der Waals surface area contributed by atoms with E-state index >= 15 is 0 Å². The first-order chi connectivity index (χ1) is 11.0. The topological polar surface area (TPSA) is 30.2 Å². The van der Waals surface area contributed by atoms with Crippen molar-refractivity contribution >= 4 is 16.3 Å². The van der Waals surface area contributed by atoms with Crippen LogP contribution in [0.4, 0.5) is 0 Å². The molecule has 23 heavy (non-hydrogen) atoms. The van der Waals surface area contributed by atoms with Crippen molar-refractivity contribution in [1.29, 1.82) is 0 Å². The fraction of sp³-hybridized carbons (Fsp3) is 0.200. The Morgan fingerprint density at radius 3 is 2.39 bits per heavy atom. The van der Waals surface area contributed by atoms with Crippen LogP contribution in [0.3, 0.4) is 0 Å². The average molecular weight is 301 g/mol. The molecule has 0 saturated heterocycles. The zero-order valence-corrected chi connectivity index (χ0v) is 13.6. The number of benzene rings is 2. The third kappa shape index (κ3) is 2.29. The molecule has 0 unspecified atom stereocenters. The van der Waals surface area contributed by atoms with Crippen LogP contribution < -0.4 is 0 Å². The summed E-state index contributed by atoms with van der Waals surface area (Å²) in [6.45, 7) is 6.69. The van der Waals surface area contributed by atoms with Crippen LogP contribution in [0.5, 0.6) is 0 Å². The molecule has 0 atom stereocenters. The number of nitrogens with zero attached hydrogens (tertiary/aromatic N) is 3. The molecule has 0 saturated carbocycles. The molecular formula is C20H19N3. The number of fused-ring (bicyclic) bond motifs is 3. The van der Waals surface area contributed by atoms with E-state index in [9.17, 15) is 0 Å². The van der Waals surface area contributed by atoms with Crippen molar-refractivity contribution < 1.29 is 0 Å². The molecule has 114 valence electrons. The summed E-state index contributed by atoms with van der Waals surface area (Å²) < 4.78 is 1.93. The van der Waals surface area contributed by atoms with Gasteiger partial charge in [-0.3, -0.25) is 0 Å². The number of aromatic nitrogens is 3. The molecule has 0 fully saturated rings. The van der Waals surface area contributed by atoms with E-state index in [-0.39, 0.29) is 5.41 Å². The molecule has 0 aliphatic rings. The zero-order valence-electron chi connectivity index (χ0n) is 13.6. The van der Waals surface area contributed by atoms with Crippen molar-refractivity contribution in [1.82, 2.24) is 14.8 Å². The van der Waals surface area contributed by atoms with E-state index in [1.54, 1.807) is 0 Å². The Morgan fingerprint density at radius 1 is 0.913 bits per heavy atom. The molecule has 0 bridgehead atoms. The van der Waals surface area contributed by atoms with Crippen molar-refractivity contribution in [2.45, 2.75) is 26.2 Å². The molecular weight excluding hydrogens is 282 g/mol. The van der Waals surface area contributed by atoms with Gasteiger partial charge in [0.1, 0.15) is 0 Å². The third-order valence-corrected chi connectivity index (χ3v) is 4.35. The van der Waals surface area contributed by atoms with Crippen molar-refractivity contribution in [3.05, 3.63) is 66.4 Å². The fourth-order valence-electron chi connectivity index (χ4n) is 3.01. The van der Waals surface area contributed by atoms with E-state index < -0.39 is 0 Å². The molecule has 0 N–H and O–H groups in total. The second-order valence-corrected chi connectivity index (χ2v) is 6.98. The maximum atomic E-state index is 4.28. The Morgan fingerprint density at radius 2 is 1.65 bits per heavy atom. The Labute approximate surface area is 135 Å². The summed E-state index contributed by atoms with van der Waals surface area (Å²) in [6, 6.07) is 19.3. The summed E-state index contributed by atoms with van der Waals surface area (Å²) in [4.78, 5) is 0. The molecule has 2 aromatic heterocycles. The molecule has 3 nitrogen and oxygen atoms in total. The molecule has 2 heterocycles. The Hall–Kier alpha value is -2.68. The molecule has 0 aliphatic carbocycles. The van der Waals surface area contributed by atoms with E-state index in [0.717, 1.165) is 16.8 Å². The Bertz CT molecular complexity index is 989. The molecule has 2 aromatic carbocycles. The van der Waals surface area contributed by atoms with E-state index in [1.165, 1.54) is 16.3 Å². The van der Waals surface area contributed by atoms with Gasteiger partial charge in [0, 0.05) is 10.9 Å². The lowest BCUT2D eigenvalue weighted by Gasteiger charge is -2.19. The smallest absolute Gasteiger partial charge is 0.0950 e. The Balaban J connectivity index is 1.95. The highest BCUT2D eigenvalue weighted by Gasteiger charge is 2.14. The van der Waals surface area contributed by atoms with Crippen molar-refractivity contribution in [2.75, 3.05) is 0 Å². The summed E-state index contributed by atoms with van der Waals surface area (Å²) >= 11 is 0. The highest BCUT2D eigenvalue weighted by Crippen LogP contribution is 2.29. The lowest BCUT2D eigenvalue weighted by molar-refractivity contribution is 0.590. The van der Waals surface area contributed by atoms with E-state index in [1.807, 2.05) is 16.8 Å². The van der Waals surface area contributed by atoms with Crippen molar-refractivity contribution in [3.63, 3.8) is 0 Å². The summed E-state index contributed by atoms with van der Waals surface area (Å²) in [6.07, 6.45) is 1.83. The van der Waals surface area contributed by atoms with Gasteiger partial charge in [-0.05, 0) is 22.4 Å². The predicted molar refractivity (Wildman–Crippen MR) is 94.6 cm³/mol. The van der Waals surface area contributed by atoms with Gasteiger partial charge in [-0.25, -0.2) is 4.52 Å². The second kappa shape index (κ2) is 4.92. The van der Waals surface area contributed by atoms with Gasteiger partial charge in [0.2, 0.25) is 0 Å². The number of hydrogen-bond acceptors (Lipinski definition) is 2. The largest absolute Gasteiger partial charge is 0.212 e. The maximum Gasteiger partial charge on any atom is 0.0950 e. The highest BCUT2D eigenvalue weighted by molar-refractivity contribution is 5.97. The number of rotatable bonds is 1. The molecule has 3 heteroatoms. The minimum atomic E-state index is 0.157. The van der Waals surface area contributed by atoms with Crippen LogP contribution >= 0.6 is 0 Å². The lowest BCUT2D eigenvalue weighted by Crippen LogP contribution is -2.10. The van der Waals surface area contributed by atoms with Crippen molar-refractivity contribution in [2.24, 2.45) is 0 Å². The maximum absolute atomic E-state index is 4.28. The Kier molecular flexibility index (Phi) is 2.98. The first-order valence-electron chi connectivity index (χ1n) is 7.87. The monoisotopic (exact) mass is 301 g/mol. The van der Waals surface area contributed by atoms with Gasteiger partial charge in [0.15, 0.2) is 0 Å². The van der Waals surface area contributed by atoms with Gasteiger partial charge in [0.25, 0.3) is 0 Å². The first-order valence-corrected chi connectivity index (χ1v) is 7.87. The lowest BCUT2D eigenvalue weighted by atomic mass is 9.86. The van der Waals surface area contributed by atoms with Crippen LogP contribution in [0.1, 0.15) is 26.3 Å². The summed E-state index contributed by atoms with van der Waals surface area (Å²) in [5.74, 6) is 0. The highest BCUT2D eigenvalue weighted by atomic mass is 15.4. The van der Waals surface area contributed by atoms with Crippen LogP contribution in [-0.4, -0.2) is 14.8 Å². The minimum Gasteiger partial charge on any atom is -0.212 e. The summed E-state index contributed by atoms with van der Waals surface area (Å²) in [5, 5.41) is 10.8. The van der Waals surface area contributed by atoms with Gasteiger partial charge >= 0.3 is 0 Å². The van der Waals surface area contributed by atoms with Gasteiger partial charge in [-0.15, -0.1) is 5.10 Å². The molecule has 0 aliphatic heterocycles. The third-order valence-electron chi connectivity index (χ3n) is 4.35. The summed E-state index contributed by atoms with van der Waals surface area (Å²) in [5.41, 5.74) is 4.75. The molecule has 0 radical (unpaired) electrons. The van der Waals surface area contributed by atoms with Crippen LogP contribution in [0.15, 0.2) is 60.8 Å². The molecule has 4 rings (SSSR count). The van der Waals surface area contributed by atoms with Crippen LogP contribution in [0, 0.1) is 0 Å². The van der Waals surface area contributed by atoms with Crippen LogP contribution in [0.2, 0.25) is 0 Å². The van der Waals surface area contributed by atoms with Gasteiger partial charge in [0.05, 0.1) is 17.4 Å². The van der Waals surface area contributed by atoms with Gasteiger partial charge in [-0.1, -0.05) is 74.5 Å². The molecule has 4 aromatic rings. The first kappa shape index (κ1) is 13.9. The quantitative estimate of drug-likeness (QED) is 0.503. The number of pyridine rings is 1. The molecule has 0 spiro atoms. The molecule has 0 amide bonds.